The van der Waals surface area contributed by atoms with Crippen molar-refractivity contribution in [3.05, 3.63) is 115 Å². The number of rotatable bonds is 4. The molecule has 0 atom stereocenters. The van der Waals surface area contributed by atoms with Gasteiger partial charge in [-0.05, 0) is 71.8 Å². The van der Waals surface area contributed by atoms with Crippen LogP contribution in [0.15, 0.2) is 103 Å². The Balaban J connectivity index is 1.65. The molecule has 0 aliphatic heterocycles. The van der Waals surface area contributed by atoms with Gasteiger partial charge in [0.2, 0.25) is 0 Å². The molecule has 0 amide bonds. The van der Waals surface area contributed by atoms with Crippen LogP contribution in [0.5, 0.6) is 0 Å². The second-order valence-corrected chi connectivity index (χ2v) is 7.11. The van der Waals surface area contributed by atoms with Crippen molar-refractivity contribution in [2.45, 2.75) is 0 Å². The van der Waals surface area contributed by atoms with E-state index in [-0.39, 0.29) is 11.6 Å². The summed E-state index contributed by atoms with van der Waals surface area (Å²) in [5.74, 6) is 0.514. The van der Waals surface area contributed by atoms with Crippen molar-refractivity contribution in [2.75, 3.05) is 0 Å². The number of benzene rings is 4. The predicted molar refractivity (Wildman–Crippen MR) is 118 cm³/mol. The molecule has 31 heavy (non-hydrogen) atoms. The van der Waals surface area contributed by atoms with Crippen LogP contribution in [0.2, 0.25) is 0 Å². The van der Waals surface area contributed by atoms with Crippen LogP contribution in [0.4, 0.5) is 8.78 Å². The molecule has 5 rings (SSSR count). The number of hydrogen-bond donors (Lipinski definition) is 0. The monoisotopic (exact) mass is 409 g/mol. The fourth-order valence-electron chi connectivity index (χ4n) is 3.53. The Bertz CT molecular complexity index is 1250. The maximum absolute atomic E-state index is 13.5. The van der Waals surface area contributed by atoms with Crippen LogP contribution >= 0.6 is 0 Å². The first-order valence-corrected chi connectivity index (χ1v) is 9.82. The van der Waals surface area contributed by atoms with Gasteiger partial charge < -0.3 is 0 Å². The van der Waals surface area contributed by atoms with E-state index >= 15 is 0 Å². The summed E-state index contributed by atoms with van der Waals surface area (Å²) in [5.41, 5.74) is 4.52. The van der Waals surface area contributed by atoms with Gasteiger partial charge >= 0.3 is 0 Å². The zero-order valence-electron chi connectivity index (χ0n) is 16.4. The number of nitrogens with zero attached hydrogens (tertiary/aromatic N) is 3. The minimum Gasteiger partial charge on any atom is -0.275 e. The van der Waals surface area contributed by atoms with Crippen LogP contribution in [-0.2, 0) is 0 Å². The first kappa shape index (κ1) is 18.9. The van der Waals surface area contributed by atoms with Crippen molar-refractivity contribution in [3.63, 3.8) is 0 Å². The third-order valence-corrected chi connectivity index (χ3v) is 5.10. The van der Waals surface area contributed by atoms with E-state index in [0.717, 1.165) is 27.9 Å². The summed E-state index contributed by atoms with van der Waals surface area (Å²) in [6.45, 7) is 0. The highest BCUT2D eigenvalue weighted by Gasteiger charge is 2.17. The van der Waals surface area contributed by atoms with E-state index in [0.29, 0.717) is 11.6 Å². The molecule has 0 aliphatic rings. The van der Waals surface area contributed by atoms with E-state index < -0.39 is 0 Å². The summed E-state index contributed by atoms with van der Waals surface area (Å²) in [6, 6.07) is 30.4. The van der Waals surface area contributed by atoms with Crippen LogP contribution in [0, 0.1) is 11.6 Å². The van der Waals surface area contributed by atoms with E-state index in [1.807, 2.05) is 47.0 Å². The molecule has 0 bridgehead atoms. The van der Waals surface area contributed by atoms with E-state index in [4.69, 9.17) is 0 Å². The summed E-state index contributed by atoms with van der Waals surface area (Å²) in [7, 11) is 0. The van der Waals surface area contributed by atoms with Crippen molar-refractivity contribution in [1.82, 2.24) is 14.8 Å². The summed E-state index contributed by atoms with van der Waals surface area (Å²) < 4.78 is 28.8. The molecule has 1 heterocycles. The topological polar surface area (TPSA) is 30.7 Å². The fourth-order valence-corrected chi connectivity index (χ4v) is 3.53. The zero-order chi connectivity index (χ0) is 21.2. The maximum atomic E-state index is 13.5. The highest BCUT2D eigenvalue weighted by atomic mass is 19.1. The second kappa shape index (κ2) is 7.95. The predicted octanol–water partition coefficient (Wildman–Crippen LogP) is 6.55. The van der Waals surface area contributed by atoms with Crippen molar-refractivity contribution in [2.24, 2.45) is 0 Å². The first-order chi connectivity index (χ1) is 15.2. The van der Waals surface area contributed by atoms with Gasteiger partial charge in [-0.1, -0.05) is 42.5 Å². The molecule has 0 N–H and O–H groups in total. The highest BCUT2D eigenvalue weighted by Crippen LogP contribution is 2.30. The average Bonchev–Trinajstić information content (AvgIpc) is 3.26. The quantitative estimate of drug-likeness (QED) is 0.337. The van der Waals surface area contributed by atoms with Crippen molar-refractivity contribution in [3.8, 4) is 39.6 Å². The Morgan fingerprint density at radius 1 is 0.452 bits per heavy atom. The second-order valence-electron chi connectivity index (χ2n) is 7.11. The van der Waals surface area contributed by atoms with Gasteiger partial charge in [-0.25, -0.2) is 8.78 Å². The summed E-state index contributed by atoms with van der Waals surface area (Å²) in [5, 5.41) is 8.74. The third-order valence-electron chi connectivity index (χ3n) is 5.10. The molecular weight excluding hydrogens is 392 g/mol. The lowest BCUT2D eigenvalue weighted by Crippen LogP contribution is -2.00. The number of halogens is 2. The van der Waals surface area contributed by atoms with Crippen LogP contribution < -0.4 is 0 Å². The van der Waals surface area contributed by atoms with Crippen molar-refractivity contribution >= 4 is 0 Å². The Morgan fingerprint density at radius 3 is 1.35 bits per heavy atom. The Labute approximate surface area is 178 Å². The average molecular weight is 409 g/mol. The van der Waals surface area contributed by atoms with E-state index in [1.54, 1.807) is 24.3 Å². The normalized spacial score (nSPS) is 10.9. The molecule has 5 aromatic rings. The van der Waals surface area contributed by atoms with Crippen molar-refractivity contribution < 1.29 is 8.78 Å². The van der Waals surface area contributed by atoms with Gasteiger partial charge in [-0.15, -0.1) is 10.2 Å². The van der Waals surface area contributed by atoms with Crippen LogP contribution in [0.3, 0.4) is 0 Å². The summed E-state index contributed by atoms with van der Waals surface area (Å²) in [6.07, 6.45) is 0. The van der Waals surface area contributed by atoms with Gasteiger partial charge in [-0.2, -0.15) is 0 Å². The van der Waals surface area contributed by atoms with E-state index in [2.05, 4.69) is 22.3 Å². The van der Waals surface area contributed by atoms with Crippen LogP contribution in [-0.4, -0.2) is 14.8 Å². The van der Waals surface area contributed by atoms with Gasteiger partial charge in [0.05, 0.1) is 0 Å². The number of aromatic nitrogens is 3. The minimum atomic E-state index is -0.319. The molecule has 1 aromatic heterocycles. The Hall–Kier alpha value is -4.12. The highest BCUT2D eigenvalue weighted by molar-refractivity contribution is 5.69. The van der Waals surface area contributed by atoms with E-state index in [1.165, 1.54) is 24.3 Å². The molecule has 0 radical (unpaired) electrons. The van der Waals surface area contributed by atoms with Crippen LogP contribution in [0.25, 0.3) is 39.6 Å². The molecule has 150 valence electrons. The van der Waals surface area contributed by atoms with Gasteiger partial charge in [-0.3, -0.25) is 4.57 Å². The Morgan fingerprint density at radius 2 is 0.871 bits per heavy atom. The molecule has 0 saturated carbocycles. The fraction of sp³-hybridized carbons (Fsp3) is 0. The number of hydrogen-bond acceptors (Lipinski definition) is 2. The van der Waals surface area contributed by atoms with Gasteiger partial charge in [0.1, 0.15) is 11.6 Å². The molecule has 0 fully saturated rings. The Kier molecular flexibility index (Phi) is 4.84. The van der Waals surface area contributed by atoms with E-state index in [9.17, 15) is 8.78 Å². The molecule has 0 spiro atoms. The molecular formula is C26H17F2N3. The smallest absolute Gasteiger partial charge is 0.168 e. The molecule has 0 saturated heterocycles. The third kappa shape index (κ3) is 3.73. The largest absolute Gasteiger partial charge is 0.275 e. The summed E-state index contributed by atoms with van der Waals surface area (Å²) >= 11 is 0. The molecule has 0 aliphatic carbocycles. The lowest BCUT2D eigenvalue weighted by molar-refractivity contribution is 0.627. The SMILES string of the molecule is Fc1ccc(-c2nnc(-c3ccc(F)cc3)n2-c2ccc(-c3ccccc3)cc2)cc1. The summed E-state index contributed by atoms with van der Waals surface area (Å²) in [4.78, 5) is 0. The van der Waals surface area contributed by atoms with Crippen LogP contribution in [0.1, 0.15) is 0 Å². The zero-order valence-corrected chi connectivity index (χ0v) is 16.4. The van der Waals surface area contributed by atoms with Gasteiger partial charge in [0, 0.05) is 16.8 Å². The molecule has 4 aromatic carbocycles. The van der Waals surface area contributed by atoms with Crippen molar-refractivity contribution in [1.29, 1.82) is 0 Å². The molecule has 0 unspecified atom stereocenters. The first-order valence-electron chi connectivity index (χ1n) is 9.82. The maximum Gasteiger partial charge on any atom is 0.168 e. The molecule has 5 heteroatoms. The lowest BCUT2D eigenvalue weighted by Gasteiger charge is -2.12. The standard InChI is InChI=1S/C26H17F2N3/c27-22-12-6-20(7-13-22)25-29-30-26(21-8-14-23(28)15-9-21)31(25)24-16-10-19(11-17-24)18-4-2-1-3-5-18/h1-17H. The van der Waals surface area contributed by atoms with Gasteiger partial charge in [0.15, 0.2) is 11.6 Å². The minimum absolute atomic E-state index is 0.319. The van der Waals surface area contributed by atoms with Gasteiger partial charge in [0.25, 0.3) is 0 Å². The lowest BCUT2D eigenvalue weighted by atomic mass is 10.1. The molecule has 3 nitrogen and oxygen atoms in total.